The molecule has 1 aromatic heterocycles. The van der Waals surface area contributed by atoms with Gasteiger partial charge < -0.3 is 4.74 Å². The summed E-state index contributed by atoms with van der Waals surface area (Å²) in [6.45, 7) is 6.01. The van der Waals surface area contributed by atoms with Gasteiger partial charge in [0.2, 0.25) is 0 Å². The number of likely N-dealkylation sites (N-methyl/N-ethyl adjacent to an activating group) is 1. The second kappa shape index (κ2) is 5.75. The number of nitrogens with one attached hydrogen (secondary N) is 1. The summed E-state index contributed by atoms with van der Waals surface area (Å²) in [7, 11) is 0. The molecule has 1 aliphatic rings. The summed E-state index contributed by atoms with van der Waals surface area (Å²) in [5, 5.41) is 4.19. The monoisotopic (exact) mass is 241 g/mol. The van der Waals surface area contributed by atoms with Crippen molar-refractivity contribution in [3.8, 4) is 0 Å². The molecular formula is C11H19N3OS. The normalized spacial score (nSPS) is 24.5. The Labute approximate surface area is 100 Å². The Kier molecular flexibility index (Phi) is 4.31. The zero-order valence-corrected chi connectivity index (χ0v) is 10.4. The second-order valence-electron chi connectivity index (χ2n) is 4.00. The first-order valence-corrected chi connectivity index (χ1v) is 6.61. The van der Waals surface area contributed by atoms with E-state index in [1.54, 1.807) is 11.3 Å². The summed E-state index contributed by atoms with van der Waals surface area (Å²) in [4.78, 5) is 2.39. The van der Waals surface area contributed by atoms with Crippen molar-refractivity contribution in [3.63, 3.8) is 0 Å². The molecule has 1 saturated heterocycles. The highest BCUT2D eigenvalue weighted by molar-refractivity contribution is 7.07. The topological polar surface area (TPSA) is 50.5 Å². The fraction of sp³-hybridized carbons (Fsp3) is 0.636. The zero-order chi connectivity index (χ0) is 11.4. The van der Waals surface area contributed by atoms with E-state index in [1.807, 2.05) is 0 Å². The first kappa shape index (κ1) is 12.0. The lowest BCUT2D eigenvalue weighted by Gasteiger charge is -2.36. The van der Waals surface area contributed by atoms with Crippen LogP contribution in [0.3, 0.4) is 0 Å². The van der Waals surface area contributed by atoms with Crippen molar-refractivity contribution in [3.05, 3.63) is 22.4 Å². The maximum Gasteiger partial charge on any atom is 0.0910 e. The molecule has 1 aromatic rings. The molecule has 0 aromatic carbocycles. The van der Waals surface area contributed by atoms with Crippen LogP contribution < -0.4 is 11.3 Å². The van der Waals surface area contributed by atoms with Gasteiger partial charge in [0, 0.05) is 13.1 Å². The number of hydrogen-bond acceptors (Lipinski definition) is 5. The molecule has 1 aliphatic heterocycles. The minimum atomic E-state index is 0.0978. The fourth-order valence-electron chi connectivity index (χ4n) is 2.09. The molecule has 2 rings (SSSR count). The number of rotatable bonds is 4. The third kappa shape index (κ3) is 2.61. The molecule has 0 bridgehead atoms. The second-order valence-corrected chi connectivity index (χ2v) is 4.78. The first-order valence-electron chi connectivity index (χ1n) is 5.67. The van der Waals surface area contributed by atoms with Crippen molar-refractivity contribution in [2.75, 3.05) is 26.2 Å². The first-order chi connectivity index (χ1) is 7.85. The van der Waals surface area contributed by atoms with Crippen molar-refractivity contribution in [2.45, 2.75) is 19.1 Å². The Morgan fingerprint density at radius 3 is 3.25 bits per heavy atom. The molecular weight excluding hydrogens is 222 g/mol. The highest BCUT2D eigenvalue weighted by Crippen LogP contribution is 2.23. The molecule has 3 N–H and O–H groups in total. The van der Waals surface area contributed by atoms with Crippen LogP contribution in [0.25, 0.3) is 0 Å². The molecule has 16 heavy (non-hydrogen) atoms. The Morgan fingerprint density at radius 2 is 2.62 bits per heavy atom. The van der Waals surface area contributed by atoms with Gasteiger partial charge in [-0.25, -0.2) is 0 Å². The van der Waals surface area contributed by atoms with Crippen molar-refractivity contribution < 1.29 is 4.74 Å². The maximum absolute atomic E-state index is 5.81. The van der Waals surface area contributed by atoms with Crippen molar-refractivity contribution in [1.29, 1.82) is 0 Å². The number of thiophene rings is 1. The van der Waals surface area contributed by atoms with Crippen LogP contribution in [0.1, 0.15) is 18.5 Å². The van der Waals surface area contributed by atoms with E-state index < -0.39 is 0 Å². The fourth-order valence-corrected chi connectivity index (χ4v) is 2.79. The summed E-state index contributed by atoms with van der Waals surface area (Å²) in [5.74, 6) is 5.64. The average Bonchev–Trinajstić information content (AvgIpc) is 2.84. The Hall–Kier alpha value is -0.460. The van der Waals surface area contributed by atoms with Gasteiger partial charge in [-0.3, -0.25) is 16.2 Å². The summed E-state index contributed by atoms with van der Waals surface area (Å²) in [5.41, 5.74) is 4.09. The molecule has 1 fully saturated rings. The van der Waals surface area contributed by atoms with Crippen LogP contribution in [0.5, 0.6) is 0 Å². The maximum atomic E-state index is 5.81. The summed E-state index contributed by atoms with van der Waals surface area (Å²) < 4.78 is 5.81. The predicted octanol–water partition coefficient (Wildman–Crippen LogP) is 0.973. The molecule has 0 aliphatic carbocycles. The van der Waals surface area contributed by atoms with E-state index in [1.165, 1.54) is 5.56 Å². The molecule has 0 amide bonds. The van der Waals surface area contributed by atoms with Crippen LogP contribution in [-0.4, -0.2) is 37.2 Å². The van der Waals surface area contributed by atoms with E-state index in [4.69, 9.17) is 10.6 Å². The number of nitrogens with zero attached hydrogens (tertiary/aromatic N) is 1. The lowest BCUT2D eigenvalue weighted by atomic mass is 10.0. The highest BCUT2D eigenvalue weighted by Gasteiger charge is 2.28. The average molecular weight is 241 g/mol. The lowest BCUT2D eigenvalue weighted by molar-refractivity contribution is -0.0455. The Balaban J connectivity index is 2.03. The van der Waals surface area contributed by atoms with Crippen LogP contribution in [0.15, 0.2) is 16.8 Å². The number of nitrogens with two attached hydrogens (primary N) is 1. The number of ether oxygens (including phenoxy) is 1. The largest absolute Gasteiger partial charge is 0.374 e. The van der Waals surface area contributed by atoms with E-state index in [2.05, 4.69) is 34.1 Å². The minimum absolute atomic E-state index is 0.0978. The Morgan fingerprint density at radius 1 is 1.75 bits per heavy atom. The summed E-state index contributed by atoms with van der Waals surface area (Å²) >= 11 is 1.69. The number of hydrogen-bond donors (Lipinski definition) is 2. The zero-order valence-electron chi connectivity index (χ0n) is 9.56. The molecule has 0 radical (unpaired) electrons. The SMILES string of the molecule is CCN1CCOC(C(NN)c2ccsc2)C1. The van der Waals surface area contributed by atoms with Crippen LogP contribution in [-0.2, 0) is 4.74 Å². The molecule has 2 atom stereocenters. The van der Waals surface area contributed by atoms with Gasteiger partial charge >= 0.3 is 0 Å². The van der Waals surface area contributed by atoms with Crippen LogP contribution >= 0.6 is 11.3 Å². The van der Waals surface area contributed by atoms with Gasteiger partial charge in [0.1, 0.15) is 0 Å². The van der Waals surface area contributed by atoms with Gasteiger partial charge in [-0.05, 0) is 28.9 Å². The number of morpholine rings is 1. The molecule has 4 nitrogen and oxygen atoms in total. The molecule has 2 heterocycles. The molecule has 0 spiro atoms. The lowest BCUT2D eigenvalue weighted by Crippen LogP contribution is -2.49. The Bertz CT molecular complexity index is 304. The van der Waals surface area contributed by atoms with E-state index in [0.717, 1.165) is 26.2 Å². The van der Waals surface area contributed by atoms with Crippen molar-refractivity contribution in [1.82, 2.24) is 10.3 Å². The third-order valence-corrected chi connectivity index (χ3v) is 3.78. The predicted molar refractivity (Wildman–Crippen MR) is 66.2 cm³/mol. The molecule has 0 saturated carbocycles. The molecule has 2 unspecified atom stereocenters. The van der Waals surface area contributed by atoms with E-state index >= 15 is 0 Å². The van der Waals surface area contributed by atoms with E-state index in [9.17, 15) is 0 Å². The summed E-state index contributed by atoms with van der Waals surface area (Å²) in [6, 6.07) is 2.20. The van der Waals surface area contributed by atoms with Crippen LogP contribution in [0.2, 0.25) is 0 Å². The molecule has 5 heteroatoms. The minimum Gasteiger partial charge on any atom is -0.374 e. The van der Waals surface area contributed by atoms with Crippen LogP contribution in [0.4, 0.5) is 0 Å². The van der Waals surface area contributed by atoms with Gasteiger partial charge in [-0.15, -0.1) is 0 Å². The van der Waals surface area contributed by atoms with Gasteiger partial charge in [0.05, 0.1) is 18.8 Å². The van der Waals surface area contributed by atoms with E-state index in [-0.39, 0.29) is 12.1 Å². The van der Waals surface area contributed by atoms with Crippen molar-refractivity contribution >= 4 is 11.3 Å². The quantitative estimate of drug-likeness (QED) is 0.609. The van der Waals surface area contributed by atoms with Gasteiger partial charge in [0.15, 0.2) is 0 Å². The molecule has 90 valence electrons. The van der Waals surface area contributed by atoms with Gasteiger partial charge in [-0.1, -0.05) is 6.92 Å². The van der Waals surface area contributed by atoms with Crippen molar-refractivity contribution in [2.24, 2.45) is 5.84 Å². The van der Waals surface area contributed by atoms with Crippen LogP contribution in [0, 0.1) is 0 Å². The standard InChI is InChI=1S/C11H19N3OS/c1-2-14-4-5-15-10(7-14)11(13-12)9-3-6-16-8-9/h3,6,8,10-11,13H,2,4-5,7,12H2,1H3. The smallest absolute Gasteiger partial charge is 0.0910 e. The van der Waals surface area contributed by atoms with Gasteiger partial charge in [-0.2, -0.15) is 11.3 Å². The number of hydrazine groups is 1. The van der Waals surface area contributed by atoms with E-state index in [0.29, 0.717) is 0 Å². The highest BCUT2D eigenvalue weighted by atomic mass is 32.1. The summed E-state index contributed by atoms with van der Waals surface area (Å²) in [6.07, 6.45) is 0.147. The van der Waals surface area contributed by atoms with Gasteiger partial charge in [0.25, 0.3) is 0 Å². The third-order valence-electron chi connectivity index (χ3n) is 3.08.